The fraction of sp³-hybridized carbons (Fsp3) is 0.350. The summed E-state index contributed by atoms with van der Waals surface area (Å²) in [4.78, 5) is 12.6. The molecule has 0 aliphatic carbocycles. The molecule has 1 N–H and O–H groups in total. The van der Waals surface area contributed by atoms with Crippen LogP contribution in [0.3, 0.4) is 0 Å². The Labute approximate surface area is 138 Å². The molecule has 3 nitrogen and oxygen atoms in total. The van der Waals surface area contributed by atoms with Crippen LogP contribution < -0.4 is 10.1 Å². The van der Waals surface area contributed by atoms with E-state index in [-0.39, 0.29) is 11.9 Å². The Kier molecular flexibility index (Phi) is 6.67. The predicted octanol–water partition coefficient (Wildman–Crippen LogP) is 4.75. The first-order chi connectivity index (χ1) is 11.3. The highest BCUT2D eigenvalue weighted by atomic mass is 16.5. The van der Waals surface area contributed by atoms with Crippen molar-refractivity contribution < 1.29 is 9.53 Å². The van der Waals surface area contributed by atoms with Crippen molar-refractivity contribution in [3.05, 3.63) is 65.7 Å². The molecule has 0 bridgehead atoms. The summed E-state index contributed by atoms with van der Waals surface area (Å²) in [5.41, 5.74) is 1.71. The molecule has 0 spiro atoms. The first kappa shape index (κ1) is 17.1. The van der Waals surface area contributed by atoms with Gasteiger partial charge in [0.05, 0.1) is 18.2 Å². The lowest BCUT2D eigenvalue weighted by Crippen LogP contribution is -2.28. The first-order valence-electron chi connectivity index (χ1n) is 8.33. The number of carbonyl (C=O) groups excluding carboxylic acids is 1. The van der Waals surface area contributed by atoms with E-state index in [9.17, 15) is 4.79 Å². The number of nitrogens with one attached hydrogen (secondary N) is 1. The van der Waals surface area contributed by atoms with E-state index in [4.69, 9.17) is 4.74 Å². The molecule has 0 aliphatic rings. The topological polar surface area (TPSA) is 38.3 Å². The highest BCUT2D eigenvalue weighted by molar-refractivity contribution is 5.97. The average molecular weight is 311 g/mol. The largest absolute Gasteiger partial charge is 0.493 e. The zero-order valence-corrected chi connectivity index (χ0v) is 13.9. The molecule has 1 amide bonds. The minimum Gasteiger partial charge on any atom is -0.493 e. The minimum absolute atomic E-state index is 0.00685. The zero-order chi connectivity index (χ0) is 16.5. The zero-order valence-electron chi connectivity index (χ0n) is 13.9. The lowest BCUT2D eigenvalue weighted by molar-refractivity contribution is 0.0931. The molecule has 0 aromatic heterocycles. The van der Waals surface area contributed by atoms with Gasteiger partial charge in [0.15, 0.2) is 0 Å². The Morgan fingerprint density at radius 2 is 1.74 bits per heavy atom. The van der Waals surface area contributed by atoms with Crippen molar-refractivity contribution in [2.45, 2.75) is 39.2 Å². The maximum atomic E-state index is 12.6. The van der Waals surface area contributed by atoms with Crippen LogP contribution >= 0.6 is 0 Å². The molecule has 122 valence electrons. The summed E-state index contributed by atoms with van der Waals surface area (Å²) in [5.74, 6) is 0.564. The van der Waals surface area contributed by atoms with Gasteiger partial charge in [-0.3, -0.25) is 4.79 Å². The van der Waals surface area contributed by atoms with Crippen molar-refractivity contribution in [3.63, 3.8) is 0 Å². The number of amides is 1. The normalized spacial score (nSPS) is 11.7. The Bertz CT molecular complexity index is 610. The van der Waals surface area contributed by atoms with Gasteiger partial charge in [0, 0.05) is 0 Å². The van der Waals surface area contributed by atoms with Gasteiger partial charge in [-0.1, -0.05) is 62.7 Å². The second kappa shape index (κ2) is 8.99. The molecule has 3 heteroatoms. The highest BCUT2D eigenvalue weighted by Gasteiger charge is 2.17. The Hall–Kier alpha value is -2.29. The van der Waals surface area contributed by atoms with Gasteiger partial charge in [0.1, 0.15) is 5.75 Å². The molecule has 2 aromatic carbocycles. The van der Waals surface area contributed by atoms with E-state index in [1.54, 1.807) is 0 Å². The van der Waals surface area contributed by atoms with Crippen molar-refractivity contribution in [3.8, 4) is 5.75 Å². The highest BCUT2D eigenvalue weighted by Crippen LogP contribution is 2.21. The molecule has 0 radical (unpaired) electrons. The van der Waals surface area contributed by atoms with Crippen LogP contribution in [0.5, 0.6) is 5.75 Å². The van der Waals surface area contributed by atoms with Crippen molar-refractivity contribution in [1.29, 1.82) is 0 Å². The van der Waals surface area contributed by atoms with E-state index in [2.05, 4.69) is 19.2 Å². The number of para-hydroxylation sites is 1. The molecule has 2 aromatic rings. The van der Waals surface area contributed by atoms with E-state index in [0.717, 1.165) is 24.8 Å². The summed E-state index contributed by atoms with van der Waals surface area (Å²) in [5, 5.41) is 3.11. The number of hydrogen-bond donors (Lipinski definition) is 1. The minimum atomic E-state index is -0.0900. The van der Waals surface area contributed by atoms with Gasteiger partial charge < -0.3 is 10.1 Å². The van der Waals surface area contributed by atoms with Gasteiger partial charge in [0.25, 0.3) is 5.91 Å². The van der Waals surface area contributed by atoms with Crippen LogP contribution in [0.25, 0.3) is 0 Å². The van der Waals surface area contributed by atoms with Crippen molar-refractivity contribution in [1.82, 2.24) is 5.32 Å². The molecule has 0 fully saturated rings. The third kappa shape index (κ3) is 4.85. The predicted molar refractivity (Wildman–Crippen MR) is 93.8 cm³/mol. The summed E-state index contributed by atoms with van der Waals surface area (Å²) in [6.07, 6.45) is 2.90. The van der Waals surface area contributed by atoms with Gasteiger partial charge in [-0.15, -0.1) is 0 Å². The van der Waals surface area contributed by atoms with Crippen LogP contribution in [-0.2, 0) is 0 Å². The smallest absolute Gasteiger partial charge is 0.255 e. The Morgan fingerprint density at radius 3 is 2.43 bits per heavy atom. The summed E-state index contributed by atoms with van der Waals surface area (Å²) in [7, 11) is 0. The van der Waals surface area contributed by atoms with Crippen molar-refractivity contribution in [2.24, 2.45) is 0 Å². The van der Waals surface area contributed by atoms with E-state index >= 15 is 0 Å². The van der Waals surface area contributed by atoms with Crippen LogP contribution in [0.4, 0.5) is 0 Å². The van der Waals surface area contributed by atoms with Gasteiger partial charge >= 0.3 is 0 Å². The SMILES string of the molecule is CCCCOc1ccccc1C(=O)NC(CC)c1ccccc1. The van der Waals surface area contributed by atoms with Gasteiger partial charge in [-0.05, 0) is 30.5 Å². The fourth-order valence-electron chi connectivity index (χ4n) is 2.45. The second-order valence-corrected chi connectivity index (χ2v) is 5.54. The molecule has 2 rings (SSSR count). The van der Waals surface area contributed by atoms with Crippen LogP contribution in [0.2, 0.25) is 0 Å². The molecule has 0 saturated heterocycles. The monoisotopic (exact) mass is 311 g/mol. The lowest BCUT2D eigenvalue weighted by Gasteiger charge is -2.18. The molecule has 0 saturated carbocycles. The van der Waals surface area contributed by atoms with Crippen LogP contribution in [0.1, 0.15) is 55.1 Å². The molecular formula is C20H25NO2. The van der Waals surface area contributed by atoms with Crippen LogP contribution in [0, 0.1) is 0 Å². The van der Waals surface area contributed by atoms with E-state index < -0.39 is 0 Å². The number of hydrogen-bond acceptors (Lipinski definition) is 2. The summed E-state index contributed by atoms with van der Waals surface area (Å²) >= 11 is 0. The number of unbranched alkanes of at least 4 members (excludes halogenated alkanes) is 1. The van der Waals surface area contributed by atoms with E-state index in [1.165, 1.54) is 0 Å². The number of carbonyl (C=O) groups is 1. The van der Waals surface area contributed by atoms with E-state index in [0.29, 0.717) is 17.9 Å². The average Bonchev–Trinajstić information content (AvgIpc) is 2.61. The van der Waals surface area contributed by atoms with Gasteiger partial charge in [-0.2, -0.15) is 0 Å². The molecule has 0 aliphatic heterocycles. The number of benzene rings is 2. The lowest BCUT2D eigenvalue weighted by atomic mass is 10.0. The third-order valence-corrected chi connectivity index (χ3v) is 3.80. The molecule has 0 heterocycles. The van der Waals surface area contributed by atoms with Crippen LogP contribution in [0.15, 0.2) is 54.6 Å². The van der Waals surface area contributed by atoms with Crippen molar-refractivity contribution in [2.75, 3.05) is 6.61 Å². The molecular weight excluding hydrogens is 286 g/mol. The summed E-state index contributed by atoms with van der Waals surface area (Å²) in [6.45, 7) is 4.83. The van der Waals surface area contributed by atoms with Crippen LogP contribution in [-0.4, -0.2) is 12.5 Å². The number of rotatable bonds is 8. The quantitative estimate of drug-likeness (QED) is 0.715. The molecule has 1 unspecified atom stereocenters. The van der Waals surface area contributed by atoms with Crippen molar-refractivity contribution >= 4 is 5.91 Å². The van der Waals surface area contributed by atoms with Gasteiger partial charge in [-0.25, -0.2) is 0 Å². The molecule has 23 heavy (non-hydrogen) atoms. The number of ether oxygens (including phenoxy) is 1. The Morgan fingerprint density at radius 1 is 1.04 bits per heavy atom. The Balaban J connectivity index is 2.10. The maximum absolute atomic E-state index is 12.6. The van der Waals surface area contributed by atoms with E-state index in [1.807, 2.05) is 54.6 Å². The third-order valence-electron chi connectivity index (χ3n) is 3.80. The van der Waals surface area contributed by atoms with Gasteiger partial charge in [0.2, 0.25) is 0 Å². The maximum Gasteiger partial charge on any atom is 0.255 e. The summed E-state index contributed by atoms with van der Waals surface area (Å²) < 4.78 is 5.76. The standard InChI is InChI=1S/C20H25NO2/c1-3-5-15-23-19-14-10-9-13-17(19)20(22)21-18(4-2)16-11-7-6-8-12-16/h6-14,18H,3-5,15H2,1-2H3,(H,21,22). The summed E-state index contributed by atoms with van der Waals surface area (Å²) in [6, 6.07) is 17.5. The molecule has 1 atom stereocenters. The fourth-order valence-corrected chi connectivity index (χ4v) is 2.45. The first-order valence-corrected chi connectivity index (χ1v) is 8.33. The second-order valence-electron chi connectivity index (χ2n) is 5.54.